The molecule has 0 fully saturated rings. The lowest BCUT2D eigenvalue weighted by Crippen LogP contribution is -2.26. The van der Waals surface area contributed by atoms with Crippen LogP contribution in [0.1, 0.15) is 35.7 Å². The molecule has 1 heterocycles. The first-order chi connectivity index (χ1) is 14.0. The second-order valence-electron chi connectivity index (χ2n) is 7.33. The second kappa shape index (κ2) is 7.51. The molecule has 0 aliphatic carbocycles. The first kappa shape index (κ1) is 18.9. The zero-order valence-corrected chi connectivity index (χ0v) is 16.2. The van der Waals surface area contributed by atoms with Gasteiger partial charge in [-0.05, 0) is 41.3 Å². The van der Waals surface area contributed by atoms with E-state index < -0.39 is 11.6 Å². The molecule has 0 aromatic heterocycles. The van der Waals surface area contributed by atoms with Crippen LogP contribution in [0.5, 0.6) is 5.75 Å². The second-order valence-corrected chi connectivity index (χ2v) is 7.33. The van der Waals surface area contributed by atoms with Gasteiger partial charge in [0.2, 0.25) is 0 Å². The van der Waals surface area contributed by atoms with E-state index in [2.05, 4.69) is 6.92 Å². The number of benzene rings is 3. The summed E-state index contributed by atoms with van der Waals surface area (Å²) in [4.78, 5) is 21.1. The number of rotatable bonds is 6. The number of aromatic hydroxyl groups is 1. The molecule has 0 bridgehead atoms. The van der Waals surface area contributed by atoms with E-state index in [1.807, 2.05) is 42.5 Å². The minimum Gasteiger partial charge on any atom is -0.506 e. The predicted octanol–water partition coefficient (Wildman–Crippen LogP) is 3.75. The molecule has 1 aliphatic rings. The maximum Gasteiger partial charge on any atom is 0.336 e. The fourth-order valence-corrected chi connectivity index (χ4v) is 3.91. The van der Waals surface area contributed by atoms with Crippen LogP contribution >= 0.6 is 0 Å². The van der Waals surface area contributed by atoms with Gasteiger partial charge in [0.05, 0.1) is 10.9 Å². The first-order valence-electron chi connectivity index (χ1n) is 9.71. The number of phenols is 1. The molecule has 0 radical (unpaired) electrons. The van der Waals surface area contributed by atoms with Crippen LogP contribution in [-0.4, -0.2) is 21.8 Å². The van der Waals surface area contributed by atoms with Gasteiger partial charge in [-0.1, -0.05) is 61.9 Å². The van der Waals surface area contributed by atoms with Crippen molar-refractivity contribution >= 4 is 5.97 Å². The number of hydrogen-bond acceptors (Lipinski definition) is 4. The van der Waals surface area contributed by atoms with Crippen LogP contribution in [0.15, 0.2) is 76.7 Å². The summed E-state index contributed by atoms with van der Waals surface area (Å²) in [5.74, 6) is -0.780. The minimum absolute atomic E-state index is 0.157. The van der Waals surface area contributed by atoms with Crippen LogP contribution in [0.25, 0.3) is 11.1 Å². The summed E-state index contributed by atoms with van der Waals surface area (Å²) in [5, 5.41) is 20.8. The third-order valence-corrected chi connectivity index (χ3v) is 5.20. The van der Waals surface area contributed by atoms with Crippen LogP contribution in [0.3, 0.4) is 0 Å². The third kappa shape index (κ3) is 3.63. The topological polar surface area (TPSA) is 82.2 Å². The summed E-state index contributed by atoms with van der Waals surface area (Å²) >= 11 is 0. The number of hydrogen-bond donors (Lipinski definition) is 2. The lowest BCUT2D eigenvalue weighted by Gasteiger charge is -2.23. The highest BCUT2D eigenvalue weighted by Gasteiger charge is 2.31. The molecule has 3 aromatic carbocycles. The smallest absolute Gasteiger partial charge is 0.336 e. The summed E-state index contributed by atoms with van der Waals surface area (Å²) in [7, 11) is 0. The van der Waals surface area contributed by atoms with Gasteiger partial charge in [-0.3, -0.25) is 4.99 Å². The molecule has 0 amide bonds. The lowest BCUT2D eigenvalue weighted by atomic mass is 9.93. The number of carboxylic acid groups (broad SMARTS) is 1. The molecule has 146 valence electrons. The van der Waals surface area contributed by atoms with Gasteiger partial charge in [0.1, 0.15) is 11.1 Å². The minimum atomic E-state index is -0.937. The van der Waals surface area contributed by atoms with E-state index >= 15 is 0 Å². The monoisotopic (exact) mass is 386 g/mol. The van der Waals surface area contributed by atoms with Gasteiger partial charge < -0.3 is 10.2 Å². The zero-order valence-electron chi connectivity index (χ0n) is 16.2. The Hall–Kier alpha value is -3.47. The number of fused-ring (bicyclic) bond motifs is 1. The van der Waals surface area contributed by atoms with Crippen molar-refractivity contribution in [2.45, 2.75) is 31.8 Å². The largest absolute Gasteiger partial charge is 0.506 e. The molecule has 4 rings (SSSR count). The van der Waals surface area contributed by atoms with Gasteiger partial charge in [-0.15, -0.1) is 0 Å². The summed E-state index contributed by atoms with van der Waals surface area (Å²) in [6, 6.07) is 20.2. The molecule has 2 N–H and O–H groups in total. The van der Waals surface area contributed by atoms with Crippen molar-refractivity contribution < 1.29 is 15.0 Å². The fraction of sp³-hybridized carbons (Fsp3) is 0.208. The van der Waals surface area contributed by atoms with Crippen molar-refractivity contribution in [3.8, 4) is 16.9 Å². The van der Waals surface area contributed by atoms with E-state index in [9.17, 15) is 15.0 Å². The van der Waals surface area contributed by atoms with E-state index in [-0.39, 0.29) is 11.3 Å². The number of carboxylic acids is 1. The molecule has 0 saturated carbocycles. The molecular weight excluding hydrogens is 364 g/mol. The summed E-state index contributed by atoms with van der Waals surface area (Å²) in [6.45, 7) is 2.10. The van der Waals surface area contributed by atoms with Crippen molar-refractivity contribution in [1.29, 1.82) is 0 Å². The Kier molecular flexibility index (Phi) is 4.89. The average molecular weight is 386 g/mol. The van der Waals surface area contributed by atoms with E-state index in [0.717, 1.165) is 29.3 Å². The Morgan fingerprint density at radius 1 is 0.966 bits per heavy atom. The van der Waals surface area contributed by atoms with Gasteiger partial charge in [-0.2, -0.15) is 0 Å². The highest BCUT2D eigenvalue weighted by atomic mass is 16.4. The normalized spacial score (nSPS) is 17.3. The number of aromatic carboxylic acids is 1. The Morgan fingerprint density at radius 3 is 2.41 bits per heavy atom. The molecular formula is C24H22N2O3. The molecule has 3 aromatic rings. The third-order valence-electron chi connectivity index (χ3n) is 5.20. The van der Waals surface area contributed by atoms with E-state index in [1.54, 1.807) is 24.3 Å². The van der Waals surface area contributed by atoms with Crippen molar-refractivity contribution in [2.75, 3.05) is 0 Å². The molecule has 5 nitrogen and oxygen atoms in total. The molecule has 1 atom stereocenters. The molecule has 1 aliphatic heterocycles. The predicted molar refractivity (Wildman–Crippen MR) is 111 cm³/mol. The van der Waals surface area contributed by atoms with Crippen molar-refractivity contribution in [3.63, 3.8) is 0 Å². The molecule has 1 unspecified atom stereocenters. The molecule has 5 heteroatoms. The van der Waals surface area contributed by atoms with Gasteiger partial charge in [-0.25, -0.2) is 9.79 Å². The average Bonchev–Trinajstić information content (AvgIpc) is 3.08. The van der Waals surface area contributed by atoms with Crippen LogP contribution < -0.4 is 10.7 Å². The van der Waals surface area contributed by atoms with E-state index in [4.69, 9.17) is 9.98 Å². The van der Waals surface area contributed by atoms with Crippen molar-refractivity contribution in [2.24, 2.45) is 9.98 Å². The Balaban J connectivity index is 1.67. The van der Waals surface area contributed by atoms with Gasteiger partial charge in [0.25, 0.3) is 0 Å². The summed E-state index contributed by atoms with van der Waals surface area (Å²) < 4.78 is 0. The van der Waals surface area contributed by atoms with Gasteiger partial charge in [0, 0.05) is 6.42 Å². The van der Waals surface area contributed by atoms with Crippen molar-refractivity contribution in [3.05, 3.63) is 88.6 Å². The zero-order chi connectivity index (χ0) is 20.4. The van der Waals surface area contributed by atoms with Gasteiger partial charge >= 0.3 is 5.97 Å². The Morgan fingerprint density at radius 2 is 1.72 bits per heavy atom. The van der Waals surface area contributed by atoms with Crippen LogP contribution in [0.2, 0.25) is 0 Å². The SMILES string of the molecule is CCCC1(Cc2ccc(-c3ccccc3C(=O)O)cc2)N=c2cccc(O)c2=N1. The first-order valence-corrected chi connectivity index (χ1v) is 9.71. The summed E-state index contributed by atoms with van der Waals surface area (Å²) in [5.41, 5.74) is 2.29. The van der Waals surface area contributed by atoms with Crippen LogP contribution in [0, 0.1) is 0 Å². The molecule has 0 spiro atoms. The Labute approximate surface area is 168 Å². The molecule has 0 saturated heterocycles. The summed E-state index contributed by atoms with van der Waals surface area (Å²) in [6.07, 6.45) is 2.33. The fourth-order valence-electron chi connectivity index (χ4n) is 3.91. The van der Waals surface area contributed by atoms with E-state index in [1.165, 1.54) is 0 Å². The number of phenolic OH excluding ortho intramolecular Hbond substituents is 1. The lowest BCUT2D eigenvalue weighted by molar-refractivity contribution is 0.0697. The number of nitrogens with zero attached hydrogens (tertiary/aromatic N) is 2. The number of para-hydroxylation sites is 1. The maximum absolute atomic E-state index is 11.5. The highest BCUT2D eigenvalue weighted by molar-refractivity contribution is 5.95. The maximum atomic E-state index is 11.5. The van der Waals surface area contributed by atoms with Crippen LogP contribution in [0.4, 0.5) is 0 Å². The highest BCUT2D eigenvalue weighted by Crippen LogP contribution is 2.29. The van der Waals surface area contributed by atoms with E-state index in [0.29, 0.717) is 17.3 Å². The standard InChI is InChI=1S/C24H22N2O3/c1-2-14-24(25-20-8-5-9-21(27)22(20)26-24)15-16-10-12-17(13-11-16)18-6-3-4-7-19(18)23(28)29/h3-13,27H,2,14-15H2,1H3,(H,28,29). The van der Waals surface area contributed by atoms with Gasteiger partial charge in [0.15, 0.2) is 5.66 Å². The Bertz CT molecular complexity index is 1190. The molecule has 29 heavy (non-hydrogen) atoms. The quantitative estimate of drug-likeness (QED) is 0.677. The number of carbonyl (C=O) groups is 1. The van der Waals surface area contributed by atoms with Crippen molar-refractivity contribution in [1.82, 2.24) is 0 Å². The van der Waals surface area contributed by atoms with Crippen LogP contribution in [-0.2, 0) is 6.42 Å².